The molecular formula is C13H15N3O. The molecule has 4 nitrogen and oxygen atoms in total. The Balaban J connectivity index is 2.20. The lowest BCUT2D eigenvalue weighted by molar-refractivity contribution is 0.177. The van der Waals surface area contributed by atoms with Crippen LogP contribution in [-0.4, -0.2) is 15.1 Å². The van der Waals surface area contributed by atoms with Gasteiger partial charge in [-0.1, -0.05) is 6.07 Å². The molecule has 0 saturated heterocycles. The minimum atomic E-state index is -0.602. The number of hydrogen-bond acceptors (Lipinski definition) is 4. The van der Waals surface area contributed by atoms with Gasteiger partial charge in [-0.25, -0.2) is 4.98 Å². The molecule has 4 heteroatoms. The Bertz CT molecular complexity index is 514. The van der Waals surface area contributed by atoms with Gasteiger partial charge in [-0.3, -0.25) is 4.98 Å². The van der Waals surface area contributed by atoms with Crippen molar-refractivity contribution >= 4 is 5.82 Å². The zero-order chi connectivity index (χ0) is 12.3. The first-order chi connectivity index (χ1) is 8.18. The SMILES string of the molecule is Cc1ccncc1C(O)Cc1cccnc1N. The van der Waals surface area contributed by atoms with Gasteiger partial charge >= 0.3 is 0 Å². The highest BCUT2D eigenvalue weighted by Crippen LogP contribution is 2.22. The van der Waals surface area contributed by atoms with Gasteiger partial charge < -0.3 is 10.8 Å². The Labute approximate surface area is 100 Å². The molecule has 2 heterocycles. The molecular weight excluding hydrogens is 214 g/mol. The van der Waals surface area contributed by atoms with Crippen LogP contribution in [0.2, 0.25) is 0 Å². The number of nitrogens with zero attached hydrogens (tertiary/aromatic N) is 2. The number of anilines is 1. The fourth-order valence-corrected chi connectivity index (χ4v) is 1.77. The van der Waals surface area contributed by atoms with E-state index in [9.17, 15) is 5.11 Å². The normalized spacial score (nSPS) is 12.4. The van der Waals surface area contributed by atoms with E-state index < -0.39 is 6.10 Å². The summed E-state index contributed by atoms with van der Waals surface area (Å²) in [4.78, 5) is 8.02. The van der Waals surface area contributed by atoms with E-state index in [-0.39, 0.29) is 0 Å². The van der Waals surface area contributed by atoms with Crippen LogP contribution >= 0.6 is 0 Å². The smallest absolute Gasteiger partial charge is 0.126 e. The highest BCUT2D eigenvalue weighted by Gasteiger charge is 2.12. The Morgan fingerprint density at radius 3 is 2.88 bits per heavy atom. The molecule has 17 heavy (non-hydrogen) atoms. The molecule has 0 radical (unpaired) electrons. The molecule has 0 spiro atoms. The molecule has 0 aliphatic rings. The summed E-state index contributed by atoms with van der Waals surface area (Å²) in [5, 5.41) is 10.2. The first kappa shape index (κ1) is 11.5. The van der Waals surface area contributed by atoms with Crippen LogP contribution in [0.15, 0.2) is 36.8 Å². The predicted molar refractivity (Wildman–Crippen MR) is 66.3 cm³/mol. The Hall–Kier alpha value is -1.94. The zero-order valence-electron chi connectivity index (χ0n) is 9.67. The topological polar surface area (TPSA) is 72.0 Å². The van der Waals surface area contributed by atoms with Crippen molar-refractivity contribution in [1.82, 2.24) is 9.97 Å². The molecule has 0 bridgehead atoms. The molecule has 2 rings (SSSR count). The van der Waals surface area contributed by atoms with Crippen LogP contribution in [0.3, 0.4) is 0 Å². The molecule has 0 amide bonds. The van der Waals surface area contributed by atoms with E-state index >= 15 is 0 Å². The van der Waals surface area contributed by atoms with Crippen LogP contribution < -0.4 is 5.73 Å². The number of nitrogen functional groups attached to an aromatic ring is 1. The summed E-state index contributed by atoms with van der Waals surface area (Å²) in [6.07, 6.45) is 4.89. The molecule has 0 saturated carbocycles. The number of rotatable bonds is 3. The third-order valence-electron chi connectivity index (χ3n) is 2.78. The number of hydrogen-bond donors (Lipinski definition) is 2. The average Bonchev–Trinajstić information content (AvgIpc) is 2.32. The number of pyridine rings is 2. The molecule has 1 atom stereocenters. The van der Waals surface area contributed by atoms with E-state index in [2.05, 4.69) is 9.97 Å². The molecule has 2 aromatic heterocycles. The van der Waals surface area contributed by atoms with Gasteiger partial charge in [0.1, 0.15) is 5.82 Å². The quantitative estimate of drug-likeness (QED) is 0.839. The van der Waals surface area contributed by atoms with Gasteiger partial charge in [0.25, 0.3) is 0 Å². The zero-order valence-corrected chi connectivity index (χ0v) is 9.67. The van der Waals surface area contributed by atoms with Crippen LogP contribution in [0.5, 0.6) is 0 Å². The summed E-state index contributed by atoms with van der Waals surface area (Å²) < 4.78 is 0. The van der Waals surface area contributed by atoms with Crippen LogP contribution in [0.25, 0.3) is 0 Å². The maximum Gasteiger partial charge on any atom is 0.126 e. The predicted octanol–water partition coefficient (Wildman–Crippen LogP) is 1.64. The molecule has 0 fully saturated rings. The van der Waals surface area contributed by atoms with Crippen molar-refractivity contribution in [3.05, 3.63) is 53.5 Å². The summed E-state index contributed by atoms with van der Waals surface area (Å²) in [6, 6.07) is 5.57. The standard InChI is InChI=1S/C13H15N3O/c1-9-4-6-15-8-11(9)12(17)7-10-3-2-5-16-13(10)14/h2-6,8,12,17H,7H2,1H3,(H2,14,16). The highest BCUT2D eigenvalue weighted by atomic mass is 16.3. The van der Waals surface area contributed by atoms with E-state index in [0.717, 1.165) is 16.7 Å². The van der Waals surface area contributed by atoms with Crippen LogP contribution in [-0.2, 0) is 6.42 Å². The highest BCUT2D eigenvalue weighted by molar-refractivity contribution is 5.39. The molecule has 0 aliphatic carbocycles. The first-order valence-corrected chi connectivity index (χ1v) is 5.46. The van der Waals surface area contributed by atoms with Crippen molar-refractivity contribution in [3.63, 3.8) is 0 Å². The van der Waals surface area contributed by atoms with Crippen molar-refractivity contribution in [2.24, 2.45) is 0 Å². The van der Waals surface area contributed by atoms with E-state index in [1.165, 1.54) is 0 Å². The Morgan fingerprint density at radius 1 is 1.35 bits per heavy atom. The van der Waals surface area contributed by atoms with Gasteiger partial charge in [0.2, 0.25) is 0 Å². The van der Waals surface area contributed by atoms with Crippen LogP contribution in [0.1, 0.15) is 22.8 Å². The van der Waals surface area contributed by atoms with E-state index in [4.69, 9.17) is 5.73 Å². The van der Waals surface area contributed by atoms with Gasteiger partial charge in [-0.2, -0.15) is 0 Å². The lowest BCUT2D eigenvalue weighted by atomic mass is 10.00. The average molecular weight is 229 g/mol. The minimum Gasteiger partial charge on any atom is -0.388 e. The molecule has 0 aliphatic heterocycles. The largest absolute Gasteiger partial charge is 0.388 e. The number of aliphatic hydroxyl groups is 1. The van der Waals surface area contributed by atoms with Gasteiger partial charge in [0.15, 0.2) is 0 Å². The fourth-order valence-electron chi connectivity index (χ4n) is 1.77. The molecule has 88 valence electrons. The van der Waals surface area contributed by atoms with Gasteiger partial charge in [-0.15, -0.1) is 0 Å². The Kier molecular flexibility index (Phi) is 3.35. The number of aromatic nitrogens is 2. The molecule has 3 N–H and O–H groups in total. The lowest BCUT2D eigenvalue weighted by Gasteiger charge is -2.13. The van der Waals surface area contributed by atoms with Crippen molar-refractivity contribution in [1.29, 1.82) is 0 Å². The van der Waals surface area contributed by atoms with E-state index in [1.807, 2.05) is 25.1 Å². The molecule has 2 aromatic rings. The van der Waals surface area contributed by atoms with Gasteiger partial charge in [0, 0.05) is 30.6 Å². The summed E-state index contributed by atoms with van der Waals surface area (Å²) in [5.74, 6) is 0.466. The summed E-state index contributed by atoms with van der Waals surface area (Å²) in [5.41, 5.74) is 8.45. The monoisotopic (exact) mass is 229 g/mol. The number of aryl methyl sites for hydroxylation is 1. The maximum absolute atomic E-state index is 10.2. The van der Waals surface area contributed by atoms with Crippen molar-refractivity contribution < 1.29 is 5.11 Å². The molecule has 0 aromatic carbocycles. The van der Waals surface area contributed by atoms with Crippen LogP contribution in [0.4, 0.5) is 5.82 Å². The maximum atomic E-state index is 10.2. The van der Waals surface area contributed by atoms with Gasteiger partial charge in [-0.05, 0) is 30.2 Å². The van der Waals surface area contributed by atoms with Crippen molar-refractivity contribution in [3.8, 4) is 0 Å². The van der Waals surface area contributed by atoms with Crippen molar-refractivity contribution in [2.45, 2.75) is 19.4 Å². The second-order valence-corrected chi connectivity index (χ2v) is 4.00. The third kappa shape index (κ3) is 2.60. The second kappa shape index (κ2) is 4.93. The Morgan fingerprint density at radius 2 is 2.18 bits per heavy atom. The number of aliphatic hydroxyl groups excluding tert-OH is 1. The van der Waals surface area contributed by atoms with Gasteiger partial charge in [0.05, 0.1) is 6.10 Å². The second-order valence-electron chi connectivity index (χ2n) is 4.00. The lowest BCUT2D eigenvalue weighted by Crippen LogP contribution is -2.07. The minimum absolute atomic E-state index is 0.451. The summed E-state index contributed by atoms with van der Waals surface area (Å²) in [6.45, 7) is 1.95. The van der Waals surface area contributed by atoms with E-state index in [1.54, 1.807) is 18.6 Å². The van der Waals surface area contributed by atoms with Crippen LogP contribution in [0, 0.1) is 6.92 Å². The fraction of sp³-hybridized carbons (Fsp3) is 0.231. The van der Waals surface area contributed by atoms with Crippen molar-refractivity contribution in [2.75, 3.05) is 5.73 Å². The summed E-state index contributed by atoms with van der Waals surface area (Å²) in [7, 11) is 0. The third-order valence-corrected chi connectivity index (χ3v) is 2.78. The first-order valence-electron chi connectivity index (χ1n) is 5.46. The molecule has 1 unspecified atom stereocenters. The van der Waals surface area contributed by atoms with E-state index in [0.29, 0.717) is 12.2 Å². The number of nitrogens with two attached hydrogens (primary N) is 1. The summed E-state index contributed by atoms with van der Waals surface area (Å²) >= 11 is 0.